The van der Waals surface area contributed by atoms with Crippen molar-refractivity contribution in [3.63, 3.8) is 0 Å². The van der Waals surface area contributed by atoms with E-state index in [-0.39, 0.29) is 11.9 Å². The molecule has 106 valence electrons. The number of piperidine rings is 1. The molecule has 1 aromatic heterocycles. The Balaban J connectivity index is 1.82. The van der Waals surface area contributed by atoms with E-state index in [1.165, 1.54) is 11.5 Å². The molecule has 0 atom stereocenters. The Bertz CT molecular complexity index is 416. The van der Waals surface area contributed by atoms with E-state index in [2.05, 4.69) is 19.8 Å². The zero-order valence-electron chi connectivity index (χ0n) is 11.4. The molecule has 0 aliphatic carbocycles. The smallest absolute Gasteiger partial charge is 0.309 e. The van der Waals surface area contributed by atoms with Crippen molar-refractivity contribution in [1.82, 2.24) is 14.5 Å². The number of hydrogen-bond acceptors (Lipinski definition) is 7. The summed E-state index contributed by atoms with van der Waals surface area (Å²) in [6.45, 7) is 4.92. The average molecular weight is 284 g/mol. The van der Waals surface area contributed by atoms with Gasteiger partial charge < -0.3 is 10.1 Å². The molecule has 1 N–H and O–H groups in total. The van der Waals surface area contributed by atoms with Crippen molar-refractivity contribution in [1.29, 1.82) is 0 Å². The highest BCUT2D eigenvalue weighted by Gasteiger charge is 2.26. The lowest BCUT2D eigenvalue weighted by molar-refractivity contribution is -0.149. The SMILES string of the molecule is CCOC(=O)C1CCN(Cc2nnsc2NC)CC1. The van der Waals surface area contributed by atoms with Crippen molar-refractivity contribution in [3.05, 3.63) is 5.69 Å². The lowest BCUT2D eigenvalue weighted by atomic mass is 9.97. The van der Waals surface area contributed by atoms with E-state index < -0.39 is 0 Å². The molecule has 1 aliphatic rings. The second-order valence-electron chi connectivity index (χ2n) is 4.60. The highest BCUT2D eigenvalue weighted by Crippen LogP contribution is 2.23. The monoisotopic (exact) mass is 284 g/mol. The van der Waals surface area contributed by atoms with Gasteiger partial charge in [-0.05, 0) is 32.9 Å². The first-order valence-corrected chi connectivity index (χ1v) is 7.40. The summed E-state index contributed by atoms with van der Waals surface area (Å²) in [5.74, 6) is 0.0157. The van der Waals surface area contributed by atoms with E-state index >= 15 is 0 Å². The van der Waals surface area contributed by atoms with Crippen LogP contribution in [0.3, 0.4) is 0 Å². The van der Waals surface area contributed by atoms with E-state index in [0.717, 1.165) is 43.2 Å². The fourth-order valence-corrected chi connectivity index (χ4v) is 2.82. The van der Waals surface area contributed by atoms with Crippen LogP contribution in [0, 0.1) is 5.92 Å². The zero-order chi connectivity index (χ0) is 13.7. The van der Waals surface area contributed by atoms with Crippen LogP contribution in [0.2, 0.25) is 0 Å². The van der Waals surface area contributed by atoms with Crippen LogP contribution in [0.1, 0.15) is 25.5 Å². The number of carbonyl (C=O) groups excluding carboxylic acids is 1. The summed E-state index contributed by atoms with van der Waals surface area (Å²) < 4.78 is 9.03. The third-order valence-corrected chi connectivity index (χ3v) is 4.15. The highest BCUT2D eigenvalue weighted by molar-refractivity contribution is 7.10. The van der Waals surface area contributed by atoms with Gasteiger partial charge in [-0.1, -0.05) is 4.49 Å². The standard InChI is InChI=1S/C12H20N4O2S/c1-3-18-12(17)9-4-6-16(7-5-9)8-10-11(13-2)19-15-14-10/h9,13H,3-8H2,1-2H3. The average Bonchev–Trinajstić information content (AvgIpc) is 2.87. The second kappa shape index (κ2) is 6.81. The van der Waals surface area contributed by atoms with Crippen LogP contribution in [0.4, 0.5) is 5.00 Å². The molecule has 0 bridgehead atoms. The zero-order valence-corrected chi connectivity index (χ0v) is 12.2. The van der Waals surface area contributed by atoms with Crippen molar-refractivity contribution < 1.29 is 9.53 Å². The fourth-order valence-electron chi connectivity index (χ4n) is 2.30. The van der Waals surface area contributed by atoms with E-state index in [9.17, 15) is 4.79 Å². The van der Waals surface area contributed by atoms with Crippen molar-refractivity contribution in [2.75, 3.05) is 32.1 Å². The summed E-state index contributed by atoms with van der Waals surface area (Å²) in [6, 6.07) is 0. The Morgan fingerprint density at radius 1 is 1.53 bits per heavy atom. The number of nitrogens with zero attached hydrogens (tertiary/aromatic N) is 3. The number of carbonyl (C=O) groups is 1. The number of ether oxygens (including phenoxy) is 1. The Kier molecular flexibility index (Phi) is 5.09. The van der Waals surface area contributed by atoms with Gasteiger partial charge in [0, 0.05) is 25.1 Å². The molecule has 0 unspecified atom stereocenters. The predicted molar refractivity (Wildman–Crippen MR) is 74.1 cm³/mol. The van der Waals surface area contributed by atoms with Gasteiger partial charge in [-0.3, -0.25) is 9.69 Å². The third kappa shape index (κ3) is 3.63. The summed E-state index contributed by atoms with van der Waals surface area (Å²) in [4.78, 5) is 14.0. The van der Waals surface area contributed by atoms with Gasteiger partial charge in [0.15, 0.2) is 0 Å². The summed E-state index contributed by atoms with van der Waals surface area (Å²) >= 11 is 1.38. The first-order valence-electron chi connectivity index (χ1n) is 6.62. The van der Waals surface area contributed by atoms with Crippen LogP contribution in [0.25, 0.3) is 0 Å². The van der Waals surface area contributed by atoms with E-state index in [4.69, 9.17) is 4.74 Å². The molecule has 1 saturated heterocycles. The maximum Gasteiger partial charge on any atom is 0.309 e. The molecule has 2 rings (SSSR count). The number of hydrogen-bond donors (Lipinski definition) is 1. The first kappa shape index (κ1) is 14.2. The lowest BCUT2D eigenvalue weighted by Gasteiger charge is -2.30. The van der Waals surface area contributed by atoms with Gasteiger partial charge in [-0.2, -0.15) is 0 Å². The predicted octanol–water partition coefficient (Wildman–Crippen LogP) is 1.35. The largest absolute Gasteiger partial charge is 0.466 e. The minimum atomic E-state index is -0.0478. The molecule has 0 aromatic carbocycles. The highest BCUT2D eigenvalue weighted by atomic mass is 32.1. The summed E-state index contributed by atoms with van der Waals surface area (Å²) in [7, 11) is 1.88. The molecule has 1 fully saturated rings. The maximum atomic E-state index is 11.7. The summed E-state index contributed by atoms with van der Waals surface area (Å²) in [6.07, 6.45) is 1.73. The van der Waals surface area contributed by atoms with Gasteiger partial charge in [-0.25, -0.2) is 0 Å². The molecule has 2 heterocycles. The Morgan fingerprint density at radius 3 is 2.89 bits per heavy atom. The molecule has 0 saturated carbocycles. The second-order valence-corrected chi connectivity index (χ2v) is 5.36. The normalized spacial score (nSPS) is 17.4. The van der Waals surface area contributed by atoms with Gasteiger partial charge in [0.1, 0.15) is 10.7 Å². The molecular weight excluding hydrogens is 264 g/mol. The number of likely N-dealkylation sites (tertiary alicyclic amines) is 1. The molecule has 0 radical (unpaired) electrons. The number of nitrogens with one attached hydrogen (secondary N) is 1. The summed E-state index contributed by atoms with van der Waals surface area (Å²) in [5, 5.41) is 8.26. The van der Waals surface area contributed by atoms with Crippen LogP contribution in [-0.2, 0) is 16.1 Å². The molecule has 7 heteroatoms. The molecule has 1 aromatic rings. The number of anilines is 1. The Labute approximate surface area is 117 Å². The fraction of sp³-hybridized carbons (Fsp3) is 0.750. The van der Waals surface area contributed by atoms with Gasteiger partial charge in [-0.15, -0.1) is 5.10 Å². The van der Waals surface area contributed by atoms with Crippen molar-refractivity contribution >= 4 is 22.5 Å². The summed E-state index contributed by atoms with van der Waals surface area (Å²) in [5.41, 5.74) is 0.988. The Hall–Kier alpha value is -1.21. The van der Waals surface area contributed by atoms with Crippen LogP contribution in [0.5, 0.6) is 0 Å². The van der Waals surface area contributed by atoms with Crippen LogP contribution in [-0.4, -0.2) is 47.2 Å². The molecule has 1 aliphatic heterocycles. The third-order valence-electron chi connectivity index (χ3n) is 3.36. The van der Waals surface area contributed by atoms with E-state index in [0.29, 0.717) is 6.61 Å². The lowest BCUT2D eigenvalue weighted by Crippen LogP contribution is -2.36. The van der Waals surface area contributed by atoms with E-state index in [1.807, 2.05) is 14.0 Å². The van der Waals surface area contributed by atoms with Crippen LogP contribution < -0.4 is 5.32 Å². The van der Waals surface area contributed by atoms with Gasteiger partial charge in [0.05, 0.1) is 12.5 Å². The van der Waals surface area contributed by atoms with Crippen molar-refractivity contribution in [3.8, 4) is 0 Å². The first-order chi connectivity index (χ1) is 9.24. The topological polar surface area (TPSA) is 67.3 Å². The maximum absolute atomic E-state index is 11.7. The van der Waals surface area contributed by atoms with Gasteiger partial charge in [0.25, 0.3) is 0 Å². The minimum absolute atomic E-state index is 0.0478. The van der Waals surface area contributed by atoms with Crippen LogP contribution in [0.15, 0.2) is 0 Å². The molecule has 0 amide bonds. The molecule has 19 heavy (non-hydrogen) atoms. The van der Waals surface area contributed by atoms with Gasteiger partial charge >= 0.3 is 5.97 Å². The number of esters is 1. The minimum Gasteiger partial charge on any atom is -0.466 e. The van der Waals surface area contributed by atoms with Crippen molar-refractivity contribution in [2.24, 2.45) is 5.92 Å². The quantitative estimate of drug-likeness (QED) is 0.823. The number of rotatable bonds is 5. The van der Waals surface area contributed by atoms with Crippen molar-refractivity contribution in [2.45, 2.75) is 26.3 Å². The van der Waals surface area contributed by atoms with E-state index in [1.54, 1.807) is 0 Å². The van der Waals surface area contributed by atoms with Gasteiger partial charge in [0.2, 0.25) is 0 Å². The van der Waals surface area contributed by atoms with Crippen LogP contribution >= 0.6 is 11.5 Å². The molecular formula is C12H20N4O2S. The molecule has 6 nitrogen and oxygen atoms in total. The number of aromatic nitrogens is 2. The molecule has 0 spiro atoms. The Morgan fingerprint density at radius 2 is 2.26 bits per heavy atom.